The smallest absolute Gasteiger partial charge is 0.418 e. The Morgan fingerprint density at radius 2 is 1.66 bits per heavy atom. The standard InChI is InChI=1S/C24H18F3NO/c1-16-14-28-23-20(11-6-12-21(23)24(25,26)27)22(16)18-9-5-10-19(13-18)29-15-17-7-3-2-4-8-17/h2-14H,15H2,1H3. The van der Waals surface area contributed by atoms with E-state index in [0.717, 1.165) is 28.3 Å². The van der Waals surface area contributed by atoms with E-state index in [9.17, 15) is 13.2 Å². The van der Waals surface area contributed by atoms with Crippen molar-refractivity contribution in [3.05, 3.63) is 95.7 Å². The van der Waals surface area contributed by atoms with Crippen LogP contribution >= 0.6 is 0 Å². The molecule has 0 aliphatic carbocycles. The van der Waals surface area contributed by atoms with E-state index in [-0.39, 0.29) is 5.52 Å². The van der Waals surface area contributed by atoms with Gasteiger partial charge in [-0.15, -0.1) is 0 Å². The molecule has 0 atom stereocenters. The van der Waals surface area contributed by atoms with Crippen LogP contribution in [-0.4, -0.2) is 4.98 Å². The quantitative estimate of drug-likeness (QED) is 0.380. The first-order chi connectivity index (χ1) is 13.9. The molecule has 4 rings (SSSR count). The number of rotatable bonds is 4. The summed E-state index contributed by atoms with van der Waals surface area (Å²) in [4.78, 5) is 4.08. The fraction of sp³-hybridized carbons (Fsp3) is 0.125. The van der Waals surface area contributed by atoms with Gasteiger partial charge in [-0.05, 0) is 47.4 Å². The van der Waals surface area contributed by atoms with Crippen LogP contribution in [0.3, 0.4) is 0 Å². The Bertz CT molecular complexity index is 1150. The van der Waals surface area contributed by atoms with Gasteiger partial charge in [0.15, 0.2) is 0 Å². The highest BCUT2D eigenvalue weighted by molar-refractivity contribution is 5.97. The van der Waals surface area contributed by atoms with Crippen LogP contribution in [0.4, 0.5) is 13.2 Å². The van der Waals surface area contributed by atoms with Crippen molar-refractivity contribution in [2.75, 3.05) is 0 Å². The predicted octanol–water partition coefficient (Wildman–Crippen LogP) is 6.81. The molecule has 0 amide bonds. The van der Waals surface area contributed by atoms with Crippen LogP contribution in [-0.2, 0) is 12.8 Å². The van der Waals surface area contributed by atoms with E-state index in [2.05, 4.69) is 4.98 Å². The Balaban J connectivity index is 1.76. The van der Waals surface area contributed by atoms with Crippen LogP contribution in [0.25, 0.3) is 22.0 Å². The summed E-state index contributed by atoms with van der Waals surface area (Å²) in [6.07, 6.45) is -2.97. The summed E-state index contributed by atoms with van der Waals surface area (Å²) in [5.41, 5.74) is 2.59. The number of halogens is 3. The van der Waals surface area contributed by atoms with Crippen molar-refractivity contribution in [3.8, 4) is 16.9 Å². The third-order valence-corrected chi connectivity index (χ3v) is 4.76. The van der Waals surface area contributed by atoms with Crippen LogP contribution in [0.2, 0.25) is 0 Å². The Morgan fingerprint density at radius 3 is 2.41 bits per heavy atom. The molecular weight excluding hydrogens is 375 g/mol. The number of hydrogen-bond acceptors (Lipinski definition) is 2. The lowest BCUT2D eigenvalue weighted by molar-refractivity contribution is -0.136. The highest BCUT2D eigenvalue weighted by Crippen LogP contribution is 2.38. The molecule has 0 radical (unpaired) electrons. The molecule has 5 heteroatoms. The lowest BCUT2D eigenvalue weighted by Crippen LogP contribution is -2.07. The van der Waals surface area contributed by atoms with Crippen molar-refractivity contribution in [2.45, 2.75) is 19.7 Å². The average Bonchev–Trinajstić information content (AvgIpc) is 2.72. The first-order valence-electron chi connectivity index (χ1n) is 9.16. The molecule has 1 aromatic heterocycles. The summed E-state index contributed by atoms with van der Waals surface area (Å²) in [5.74, 6) is 0.655. The van der Waals surface area contributed by atoms with E-state index < -0.39 is 11.7 Å². The van der Waals surface area contributed by atoms with Crippen LogP contribution in [0.5, 0.6) is 5.75 Å². The van der Waals surface area contributed by atoms with Crippen LogP contribution in [0.15, 0.2) is 79.0 Å². The molecule has 2 nitrogen and oxygen atoms in total. The SMILES string of the molecule is Cc1cnc2c(C(F)(F)F)cccc2c1-c1cccc(OCc2ccccc2)c1. The number of alkyl halides is 3. The predicted molar refractivity (Wildman–Crippen MR) is 108 cm³/mol. The van der Waals surface area contributed by atoms with Gasteiger partial charge in [0.25, 0.3) is 0 Å². The lowest BCUT2D eigenvalue weighted by Gasteiger charge is -2.15. The number of benzene rings is 3. The number of para-hydroxylation sites is 1. The maximum Gasteiger partial charge on any atom is 0.418 e. The molecule has 29 heavy (non-hydrogen) atoms. The van der Waals surface area contributed by atoms with Crippen LogP contribution in [0.1, 0.15) is 16.7 Å². The summed E-state index contributed by atoms with van der Waals surface area (Å²) in [7, 11) is 0. The molecule has 0 unspecified atom stereocenters. The van der Waals surface area contributed by atoms with Crippen molar-refractivity contribution in [1.82, 2.24) is 4.98 Å². The summed E-state index contributed by atoms with van der Waals surface area (Å²) in [5, 5.41) is 0.472. The highest BCUT2D eigenvalue weighted by atomic mass is 19.4. The maximum absolute atomic E-state index is 13.4. The van der Waals surface area contributed by atoms with Gasteiger partial charge >= 0.3 is 6.18 Å². The summed E-state index contributed by atoms with van der Waals surface area (Å²) < 4.78 is 46.1. The first-order valence-corrected chi connectivity index (χ1v) is 9.16. The molecule has 0 fully saturated rings. The molecule has 0 aliphatic rings. The van der Waals surface area contributed by atoms with Crippen molar-refractivity contribution in [3.63, 3.8) is 0 Å². The van der Waals surface area contributed by atoms with Crippen molar-refractivity contribution in [1.29, 1.82) is 0 Å². The largest absolute Gasteiger partial charge is 0.489 e. The second-order valence-electron chi connectivity index (χ2n) is 6.82. The fourth-order valence-electron chi connectivity index (χ4n) is 3.42. The lowest BCUT2D eigenvalue weighted by atomic mass is 9.95. The minimum Gasteiger partial charge on any atom is -0.489 e. The maximum atomic E-state index is 13.4. The fourth-order valence-corrected chi connectivity index (χ4v) is 3.42. The van der Waals surface area contributed by atoms with E-state index in [0.29, 0.717) is 17.7 Å². The van der Waals surface area contributed by atoms with E-state index in [4.69, 9.17) is 4.74 Å². The number of aryl methyl sites for hydroxylation is 1. The van der Waals surface area contributed by atoms with Gasteiger partial charge in [0, 0.05) is 11.6 Å². The average molecular weight is 393 g/mol. The Labute approximate surface area is 166 Å². The van der Waals surface area contributed by atoms with Gasteiger partial charge in [0.2, 0.25) is 0 Å². The van der Waals surface area contributed by atoms with Crippen LogP contribution < -0.4 is 4.74 Å². The molecule has 4 aromatic rings. The second-order valence-corrected chi connectivity index (χ2v) is 6.82. The molecule has 0 bridgehead atoms. The zero-order valence-corrected chi connectivity index (χ0v) is 15.7. The molecule has 0 saturated carbocycles. The molecule has 1 heterocycles. The van der Waals surface area contributed by atoms with Crippen molar-refractivity contribution < 1.29 is 17.9 Å². The second kappa shape index (κ2) is 7.59. The van der Waals surface area contributed by atoms with Gasteiger partial charge < -0.3 is 4.74 Å². The van der Waals surface area contributed by atoms with Gasteiger partial charge in [-0.1, -0.05) is 54.6 Å². The number of fused-ring (bicyclic) bond motifs is 1. The van der Waals surface area contributed by atoms with Gasteiger partial charge in [0.1, 0.15) is 12.4 Å². The van der Waals surface area contributed by atoms with E-state index >= 15 is 0 Å². The monoisotopic (exact) mass is 393 g/mol. The summed E-state index contributed by atoms with van der Waals surface area (Å²) >= 11 is 0. The molecule has 0 spiro atoms. The molecule has 146 valence electrons. The minimum atomic E-state index is -4.46. The molecule has 0 aliphatic heterocycles. The van der Waals surface area contributed by atoms with Crippen molar-refractivity contribution in [2.24, 2.45) is 0 Å². The normalized spacial score (nSPS) is 11.6. The number of pyridine rings is 1. The van der Waals surface area contributed by atoms with Crippen LogP contribution in [0, 0.1) is 6.92 Å². The number of aromatic nitrogens is 1. The van der Waals surface area contributed by atoms with E-state index in [1.54, 1.807) is 6.07 Å². The third kappa shape index (κ3) is 3.94. The topological polar surface area (TPSA) is 22.1 Å². The van der Waals surface area contributed by atoms with E-state index in [1.807, 2.05) is 61.5 Å². The summed E-state index contributed by atoms with van der Waals surface area (Å²) in [6, 6.07) is 21.3. The van der Waals surface area contributed by atoms with Gasteiger partial charge in [-0.3, -0.25) is 4.98 Å². The number of hydrogen-bond donors (Lipinski definition) is 0. The number of ether oxygens (including phenoxy) is 1. The van der Waals surface area contributed by atoms with Gasteiger partial charge in [-0.2, -0.15) is 13.2 Å². The Hall–Kier alpha value is -3.34. The summed E-state index contributed by atoms with van der Waals surface area (Å²) in [6.45, 7) is 2.26. The Kier molecular flexibility index (Phi) is 4.97. The van der Waals surface area contributed by atoms with Gasteiger partial charge in [0.05, 0.1) is 11.1 Å². The first kappa shape index (κ1) is 19.0. The minimum absolute atomic E-state index is 0.0452. The molecule has 3 aromatic carbocycles. The van der Waals surface area contributed by atoms with Gasteiger partial charge in [-0.25, -0.2) is 0 Å². The van der Waals surface area contributed by atoms with Crippen molar-refractivity contribution >= 4 is 10.9 Å². The highest BCUT2D eigenvalue weighted by Gasteiger charge is 2.33. The zero-order valence-electron chi connectivity index (χ0n) is 15.7. The molecular formula is C24H18F3NO. The molecule has 0 saturated heterocycles. The van der Waals surface area contributed by atoms with E-state index in [1.165, 1.54) is 12.3 Å². The zero-order chi connectivity index (χ0) is 20.4. The molecule has 0 N–H and O–H groups in total. The Morgan fingerprint density at radius 1 is 0.897 bits per heavy atom. The third-order valence-electron chi connectivity index (χ3n) is 4.76. The number of nitrogens with zero attached hydrogens (tertiary/aromatic N) is 1.